The molecule has 0 aliphatic carbocycles. The van der Waals surface area contributed by atoms with Gasteiger partial charge in [0, 0.05) is 30.1 Å². The Morgan fingerprint density at radius 2 is 1.85 bits per heavy atom. The van der Waals surface area contributed by atoms with Gasteiger partial charge < -0.3 is 9.97 Å². The fraction of sp³-hybridized carbons (Fsp3) is 0.588. The summed E-state index contributed by atoms with van der Waals surface area (Å²) in [5.41, 5.74) is 0.765. The van der Waals surface area contributed by atoms with Crippen LogP contribution in [0.25, 0.3) is 11.0 Å². The Labute approximate surface area is 159 Å². The minimum absolute atomic E-state index is 0.223. The molecule has 0 saturated carbocycles. The molecule has 0 spiro atoms. The van der Waals surface area contributed by atoms with Gasteiger partial charge in [-0.2, -0.15) is 4.31 Å². The summed E-state index contributed by atoms with van der Waals surface area (Å²) in [7, 11) is -3.60. The molecule has 0 bridgehead atoms. The molecule has 9 heteroatoms. The lowest BCUT2D eigenvalue weighted by Crippen LogP contribution is -2.41. The van der Waals surface area contributed by atoms with Crippen molar-refractivity contribution in [3.8, 4) is 0 Å². The third kappa shape index (κ3) is 2.51. The number of nitrogens with zero attached hydrogens (tertiary/aromatic N) is 2. The predicted molar refractivity (Wildman–Crippen MR) is 102 cm³/mol. The van der Waals surface area contributed by atoms with Crippen LogP contribution in [-0.2, 0) is 10.0 Å². The highest BCUT2D eigenvalue weighted by Gasteiger charge is 2.50. The zero-order chi connectivity index (χ0) is 18.1. The fourth-order valence-corrected chi connectivity index (χ4v) is 7.65. The lowest BCUT2D eigenvalue weighted by Gasteiger charge is -2.33. The second-order valence-corrected chi connectivity index (χ2v) is 10.5. The first kappa shape index (κ1) is 17.0. The van der Waals surface area contributed by atoms with E-state index in [0.717, 1.165) is 13.1 Å². The molecule has 7 nitrogen and oxygen atoms in total. The number of nitrogens with one attached hydrogen (secondary N) is 2. The molecule has 140 valence electrons. The maximum absolute atomic E-state index is 13.3. The monoisotopic (exact) mass is 440 g/mol. The van der Waals surface area contributed by atoms with Gasteiger partial charge in [0.25, 0.3) is 0 Å². The van der Waals surface area contributed by atoms with Crippen molar-refractivity contribution < 1.29 is 8.42 Å². The summed E-state index contributed by atoms with van der Waals surface area (Å²) in [6.45, 7) is 3.37. The number of benzene rings is 1. The minimum Gasteiger partial charge on any atom is -0.306 e. The summed E-state index contributed by atoms with van der Waals surface area (Å²) >= 11 is 3.38. The molecule has 2 aromatic rings. The van der Waals surface area contributed by atoms with Gasteiger partial charge in [0.1, 0.15) is 0 Å². The predicted octanol–water partition coefficient (Wildman–Crippen LogP) is 1.72. The smallest absolute Gasteiger partial charge is 0.306 e. The van der Waals surface area contributed by atoms with Crippen LogP contribution in [0, 0.1) is 11.8 Å². The molecule has 3 aliphatic heterocycles. The maximum atomic E-state index is 13.3. The SMILES string of the molecule is O=c1[nH]c2cc(Br)c(S(=O)(=O)N3CC4CN5CCCCC5C4C3)cc2[nH]1. The summed E-state index contributed by atoms with van der Waals surface area (Å²) in [6.07, 6.45) is 3.70. The number of H-pyrrole nitrogens is 2. The molecule has 0 amide bonds. The summed E-state index contributed by atoms with van der Waals surface area (Å²) in [5.74, 6) is 0.877. The Balaban J connectivity index is 1.47. The Morgan fingerprint density at radius 1 is 1.08 bits per heavy atom. The molecule has 4 heterocycles. The van der Waals surface area contributed by atoms with E-state index in [2.05, 4.69) is 30.8 Å². The standard InChI is InChI=1S/C17H21BrN4O3S/c18-12-5-13-14(20-17(23)19-13)6-16(12)26(24,25)22-8-10-7-21-4-2-1-3-15(21)11(10)9-22/h5-6,10-11,15H,1-4,7-9H2,(H2,19,20,23). The second-order valence-electron chi connectivity index (χ2n) is 7.71. The molecule has 1 aromatic carbocycles. The molecular formula is C17H21BrN4O3S. The average molecular weight is 441 g/mol. The normalized spacial score (nSPS) is 30.0. The van der Waals surface area contributed by atoms with Gasteiger partial charge in [-0.15, -0.1) is 0 Å². The quantitative estimate of drug-likeness (QED) is 0.743. The van der Waals surface area contributed by atoms with Crippen LogP contribution in [0.5, 0.6) is 0 Å². The van der Waals surface area contributed by atoms with E-state index in [1.165, 1.54) is 19.3 Å². The van der Waals surface area contributed by atoms with Crippen LogP contribution in [-0.4, -0.2) is 59.8 Å². The van der Waals surface area contributed by atoms with Gasteiger partial charge >= 0.3 is 5.69 Å². The average Bonchev–Trinajstić information content (AvgIpc) is 3.25. The van der Waals surface area contributed by atoms with Crippen LogP contribution in [0.2, 0.25) is 0 Å². The lowest BCUT2D eigenvalue weighted by atomic mass is 9.90. The van der Waals surface area contributed by atoms with Gasteiger partial charge in [0.05, 0.1) is 15.9 Å². The van der Waals surface area contributed by atoms with E-state index < -0.39 is 10.0 Å². The summed E-state index contributed by atoms with van der Waals surface area (Å²) in [5, 5.41) is 0. The van der Waals surface area contributed by atoms with Gasteiger partial charge in [0.15, 0.2) is 0 Å². The fourth-order valence-electron chi connectivity index (χ4n) is 5.08. The van der Waals surface area contributed by atoms with Gasteiger partial charge in [-0.25, -0.2) is 13.2 Å². The van der Waals surface area contributed by atoms with Crippen molar-refractivity contribution in [1.29, 1.82) is 0 Å². The number of aromatic nitrogens is 2. The number of imidazole rings is 1. The number of sulfonamides is 1. The summed E-state index contributed by atoms with van der Waals surface area (Å²) < 4.78 is 28.7. The van der Waals surface area contributed by atoms with Crippen LogP contribution < -0.4 is 5.69 Å². The van der Waals surface area contributed by atoms with E-state index in [9.17, 15) is 13.2 Å². The topological polar surface area (TPSA) is 89.3 Å². The number of hydrogen-bond donors (Lipinski definition) is 2. The van der Waals surface area contributed by atoms with Crippen LogP contribution in [0.4, 0.5) is 0 Å². The highest BCUT2D eigenvalue weighted by atomic mass is 79.9. The number of fused-ring (bicyclic) bond motifs is 4. The van der Waals surface area contributed by atoms with E-state index >= 15 is 0 Å². The van der Waals surface area contributed by atoms with E-state index in [0.29, 0.717) is 46.5 Å². The first-order valence-electron chi connectivity index (χ1n) is 9.09. The molecule has 3 atom stereocenters. The maximum Gasteiger partial charge on any atom is 0.323 e. The van der Waals surface area contributed by atoms with Gasteiger partial charge in [-0.05, 0) is 59.3 Å². The zero-order valence-corrected chi connectivity index (χ0v) is 16.6. The highest BCUT2D eigenvalue weighted by molar-refractivity contribution is 9.10. The van der Waals surface area contributed by atoms with Crippen molar-refractivity contribution in [2.45, 2.75) is 30.2 Å². The molecular weight excluding hydrogens is 420 g/mol. The van der Waals surface area contributed by atoms with Crippen LogP contribution in [0.15, 0.2) is 26.3 Å². The van der Waals surface area contributed by atoms with Crippen LogP contribution in [0.3, 0.4) is 0 Å². The van der Waals surface area contributed by atoms with Crippen LogP contribution in [0.1, 0.15) is 19.3 Å². The van der Waals surface area contributed by atoms with Crippen molar-refractivity contribution in [1.82, 2.24) is 19.2 Å². The number of rotatable bonds is 2. The molecule has 5 rings (SSSR count). The first-order chi connectivity index (χ1) is 12.4. The van der Waals surface area contributed by atoms with E-state index in [4.69, 9.17) is 0 Å². The third-order valence-corrected chi connectivity index (χ3v) is 9.06. The highest BCUT2D eigenvalue weighted by Crippen LogP contribution is 2.42. The van der Waals surface area contributed by atoms with Crippen molar-refractivity contribution in [3.63, 3.8) is 0 Å². The van der Waals surface area contributed by atoms with Gasteiger partial charge in [0.2, 0.25) is 10.0 Å². The largest absolute Gasteiger partial charge is 0.323 e. The van der Waals surface area contributed by atoms with E-state index in [1.54, 1.807) is 16.4 Å². The Morgan fingerprint density at radius 3 is 2.65 bits per heavy atom. The lowest BCUT2D eigenvalue weighted by molar-refractivity contribution is 0.165. The number of aromatic amines is 2. The Kier molecular flexibility index (Phi) is 3.86. The summed E-state index contributed by atoms with van der Waals surface area (Å²) in [4.78, 5) is 19.6. The molecule has 3 unspecified atom stereocenters. The molecule has 2 N–H and O–H groups in total. The van der Waals surface area contributed by atoms with Crippen molar-refractivity contribution in [2.75, 3.05) is 26.2 Å². The molecule has 3 saturated heterocycles. The first-order valence-corrected chi connectivity index (χ1v) is 11.3. The Hall–Kier alpha value is -1.16. The summed E-state index contributed by atoms with van der Waals surface area (Å²) in [6, 6.07) is 3.74. The number of hydrogen-bond acceptors (Lipinski definition) is 4. The number of halogens is 1. The molecule has 1 aromatic heterocycles. The molecule has 0 radical (unpaired) electrons. The van der Waals surface area contributed by atoms with Crippen LogP contribution >= 0.6 is 15.9 Å². The van der Waals surface area contributed by atoms with Gasteiger partial charge in [-0.3, -0.25) is 4.90 Å². The Bertz CT molecular complexity index is 1030. The molecule has 3 fully saturated rings. The van der Waals surface area contributed by atoms with Crippen molar-refractivity contribution in [3.05, 3.63) is 27.1 Å². The molecule has 3 aliphatic rings. The van der Waals surface area contributed by atoms with E-state index in [-0.39, 0.29) is 10.6 Å². The van der Waals surface area contributed by atoms with E-state index in [1.807, 2.05) is 0 Å². The zero-order valence-electron chi connectivity index (χ0n) is 14.2. The van der Waals surface area contributed by atoms with Crippen molar-refractivity contribution >= 4 is 37.0 Å². The third-order valence-electron chi connectivity index (χ3n) is 6.27. The molecule has 26 heavy (non-hydrogen) atoms. The minimum atomic E-state index is -3.60. The second kappa shape index (κ2) is 5.92. The van der Waals surface area contributed by atoms with Crippen molar-refractivity contribution in [2.24, 2.45) is 11.8 Å². The number of piperidine rings is 1. The van der Waals surface area contributed by atoms with Gasteiger partial charge in [-0.1, -0.05) is 6.42 Å².